The van der Waals surface area contributed by atoms with Crippen LogP contribution in [0.15, 0.2) is 53.4 Å². The number of carbonyl (C=O) groups excluding carboxylic acids is 1. The third-order valence-corrected chi connectivity index (χ3v) is 6.50. The molecule has 0 spiro atoms. The van der Waals surface area contributed by atoms with Gasteiger partial charge in [0.15, 0.2) is 0 Å². The van der Waals surface area contributed by atoms with E-state index in [9.17, 15) is 13.2 Å². The second-order valence-electron chi connectivity index (χ2n) is 9.47. The molecule has 0 aliphatic heterocycles. The third-order valence-electron chi connectivity index (χ3n) is 4.46. The maximum atomic E-state index is 13.4. The van der Waals surface area contributed by atoms with Crippen molar-refractivity contribution in [1.82, 2.24) is 5.32 Å². The van der Waals surface area contributed by atoms with Gasteiger partial charge in [-0.05, 0) is 69.0 Å². The summed E-state index contributed by atoms with van der Waals surface area (Å²) >= 11 is 5.97. The highest BCUT2D eigenvalue weighted by molar-refractivity contribution is 7.92. The minimum absolute atomic E-state index is 0.0145. The predicted octanol–water partition coefficient (Wildman–Crippen LogP) is 5.17. The van der Waals surface area contributed by atoms with Crippen molar-refractivity contribution in [3.8, 4) is 0 Å². The maximum absolute atomic E-state index is 13.4. The Labute approximate surface area is 185 Å². The Morgan fingerprint density at radius 2 is 1.50 bits per heavy atom. The number of rotatable bonds is 7. The van der Waals surface area contributed by atoms with Gasteiger partial charge in [-0.15, -0.1) is 0 Å². The highest BCUT2D eigenvalue weighted by Gasteiger charge is 2.31. The molecule has 0 saturated carbocycles. The topological polar surface area (TPSA) is 66.5 Å². The van der Waals surface area contributed by atoms with Crippen molar-refractivity contribution in [3.05, 3.63) is 59.1 Å². The smallest absolute Gasteiger partial charge is 0.264 e. The molecule has 0 unspecified atom stereocenters. The van der Waals surface area contributed by atoms with E-state index in [0.717, 1.165) is 16.3 Å². The van der Waals surface area contributed by atoms with Crippen LogP contribution in [0.4, 0.5) is 5.69 Å². The van der Waals surface area contributed by atoms with Crippen LogP contribution in [0, 0.1) is 12.3 Å². The standard InChI is InChI=1S/C23H31ClN2O3S/c1-17-7-13-20(14-8-17)30(28,29)26(19-11-9-18(24)10-12-19)15-21(27)25-23(5,6)16-22(2,3)4/h7-14H,15-16H2,1-6H3,(H,25,27). The summed E-state index contributed by atoms with van der Waals surface area (Å²) < 4.78 is 27.9. The fraction of sp³-hybridized carbons (Fsp3) is 0.435. The molecule has 30 heavy (non-hydrogen) atoms. The molecular formula is C23H31ClN2O3S. The molecule has 0 fully saturated rings. The Morgan fingerprint density at radius 3 is 2.00 bits per heavy atom. The summed E-state index contributed by atoms with van der Waals surface area (Å²) in [5, 5.41) is 3.47. The molecule has 7 heteroatoms. The van der Waals surface area contributed by atoms with Gasteiger partial charge in [0.25, 0.3) is 10.0 Å². The van der Waals surface area contributed by atoms with Crippen LogP contribution in [0.25, 0.3) is 0 Å². The van der Waals surface area contributed by atoms with Crippen LogP contribution in [-0.4, -0.2) is 26.4 Å². The van der Waals surface area contributed by atoms with Crippen LogP contribution in [0.1, 0.15) is 46.6 Å². The summed E-state index contributed by atoms with van der Waals surface area (Å²) in [6, 6.07) is 13.0. The van der Waals surface area contributed by atoms with E-state index in [1.807, 2.05) is 20.8 Å². The van der Waals surface area contributed by atoms with Crippen molar-refractivity contribution >= 4 is 33.2 Å². The SMILES string of the molecule is Cc1ccc(S(=O)(=O)N(CC(=O)NC(C)(C)CC(C)(C)C)c2ccc(Cl)cc2)cc1. The minimum atomic E-state index is -3.94. The van der Waals surface area contributed by atoms with Crippen LogP contribution in [0.5, 0.6) is 0 Å². The molecule has 2 aromatic carbocycles. The van der Waals surface area contributed by atoms with Crippen LogP contribution in [0.2, 0.25) is 5.02 Å². The summed E-state index contributed by atoms with van der Waals surface area (Å²) in [5.41, 5.74) is 0.868. The van der Waals surface area contributed by atoms with Crippen LogP contribution >= 0.6 is 11.6 Å². The normalized spacial score (nSPS) is 12.5. The van der Waals surface area contributed by atoms with E-state index in [-0.39, 0.29) is 22.8 Å². The Hall–Kier alpha value is -2.05. The van der Waals surface area contributed by atoms with Gasteiger partial charge >= 0.3 is 0 Å². The first kappa shape index (κ1) is 24.2. The average Bonchev–Trinajstić information content (AvgIpc) is 2.58. The lowest BCUT2D eigenvalue weighted by atomic mass is 9.82. The molecule has 0 aliphatic rings. The molecule has 0 aromatic heterocycles. The number of halogens is 1. The number of aryl methyl sites for hydroxylation is 1. The molecule has 0 bridgehead atoms. The van der Waals surface area contributed by atoms with Gasteiger partial charge in [-0.25, -0.2) is 8.42 Å². The molecular weight excluding hydrogens is 420 g/mol. The lowest BCUT2D eigenvalue weighted by Gasteiger charge is -2.34. The zero-order valence-electron chi connectivity index (χ0n) is 18.5. The average molecular weight is 451 g/mol. The van der Waals surface area contributed by atoms with E-state index < -0.39 is 15.6 Å². The van der Waals surface area contributed by atoms with Crippen molar-refractivity contribution in [1.29, 1.82) is 0 Å². The third kappa shape index (κ3) is 6.74. The number of sulfonamides is 1. The molecule has 0 saturated heterocycles. The highest BCUT2D eigenvalue weighted by Crippen LogP contribution is 2.28. The summed E-state index contributed by atoms with van der Waals surface area (Å²) in [7, 11) is -3.94. The first-order valence-electron chi connectivity index (χ1n) is 9.86. The van der Waals surface area contributed by atoms with Crippen molar-refractivity contribution < 1.29 is 13.2 Å². The minimum Gasteiger partial charge on any atom is -0.350 e. The Kier molecular flexibility index (Phi) is 7.25. The van der Waals surface area contributed by atoms with Gasteiger partial charge in [0, 0.05) is 10.6 Å². The van der Waals surface area contributed by atoms with Gasteiger partial charge in [0.2, 0.25) is 5.91 Å². The zero-order chi connectivity index (χ0) is 22.7. The van der Waals surface area contributed by atoms with Gasteiger partial charge in [-0.1, -0.05) is 50.1 Å². The molecule has 1 N–H and O–H groups in total. The monoisotopic (exact) mass is 450 g/mol. The van der Waals surface area contributed by atoms with Crippen LogP contribution in [-0.2, 0) is 14.8 Å². The number of hydrogen-bond donors (Lipinski definition) is 1. The number of benzene rings is 2. The van der Waals surface area contributed by atoms with Gasteiger partial charge in [0.1, 0.15) is 6.54 Å². The molecule has 0 atom stereocenters. The Bertz CT molecular complexity index is 977. The van der Waals surface area contributed by atoms with E-state index in [1.165, 1.54) is 0 Å². The number of hydrogen-bond acceptors (Lipinski definition) is 3. The molecule has 0 heterocycles. The second kappa shape index (κ2) is 8.98. The number of carbonyl (C=O) groups is 1. The molecule has 0 aliphatic carbocycles. The fourth-order valence-electron chi connectivity index (χ4n) is 3.68. The van der Waals surface area contributed by atoms with Crippen molar-refractivity contribution in [3.63, 3.8) is 0 Å². The quantitative estimate of drug-likeness (QED) is 0.632. The van der Waals surface area contributed by atoms with Gasteiger partial charge in [0.05, 0.1) is 10.6 Å². The molecule has 2 rings (SSSR count). The number of nitrogens with one attached hydrogen (secondary N) is 1. The first-order valence-corrected chi connectivity index (χ1v) is 11.7. The van der Waals surface area contributed by atoms with Gasteiger partial charge in [-0.2, -0.15) is 0 Å². The van der Waals surface area contributed by atoms with Gasteiger partial charge in [-0.3, -0.25) is 9.10 Å². The molecule has 164 valence electrons. The maximum Gasteiger partial charge on any atom is 0.264 e. The summed E-state index contributed by atoms with van der Waals surface area (Å²) in [5.74, 6) is -0.366. The largest absolute Gasteiger partial charge is 0.350 e. The zero-order valence-corrected chi connectivity index (χ0v) is 20.1. The lowest BCUT2D eigenvalue weighted by molar-refractivity contribution is -0.121. The highest BCUT2D eigenvalue weighted by atomic mass is 35.5. The first-order chi connectivity index (χ1) is 13.7. The summed E-state index contributed by atoms with van der Waals surface area (Å²) in [4.78, 5) is 13.0. The molecule has 0 radical (unpaired) electrons. The van der Waals surface area contributed by atoms with Crippen molar-refractivity contribution in [2.45, 2.75) is 58.4 Å². The number of nitrogens with zero attached hydrogens (tertiary/aromatic N) is 1. The van der Waals surface area contributed by atoms with Crippen molar-refractivity contribution in [2.24, 2.45) is 5.41 Å². The van der Waals surface area contributed by atoms with E-state index in [4.69, 9.17) is 11.6 Å². The molecule has 1 amide bonds. The predicted molar refractivity (Wildman–Crippen MR) is 123 cm³/mol. The Balaban J connectivity index is 2.36. The van der Waals surface area contributed by atoms with E-state index in [1.54, 1.807) is 48.5 Å². The van der Waals surface area contributed by atoms with E-state index in [0.29, 0.717) is 10.7 Å². The molecule has 2 aromatic rings. The van der Waals surface area contributed by atoms with Crippen LogP contribution < -0.4 is 9.62 Å². The second-order valence-corrected chi connectivity index (χ2v) is 11.8. The summed E-state index contributed by atoms with van der Waals surface area (Å²) in [6.45, 7) is 11.7. The van der Waals surface area contributed by atoms with Gasteiger partial charge < -0.3 is 5.32 Å². The van der Waals surface area contributed by atoms with Crippen LogP contribution in [0.3, 0.4) is 0 Å². The van der Waals surface area contributed by atoms with E-state index >= 15 is 0 Å². The number of anilines is 1. The fourth-order valence-corrected chi connectivity index (χ4v) is 5.22. The van der Waals surface area contributed by atoms with E-state index in [2.05, 4.69) is 26.1 Å². The number of amides is 1. The Morgan fingerprint density at radius 1 is 0.967 bits per heavy atom. The summed E-state index contributed by atoms with van der Waals surface area (Å²) in [6.07, 6.45) is 0.747. The van der Waals surface area contributed by atoms with Crippen molar-refractivity contribution in [2.75, 3.05) is 10.8 Å². The lowest BCUT2D eigenvalue weighted by Crippen LogP contribution is -2.50. The molecule has 5 nitrogen and oxygen atoms in total.